The Labute approximate surface area is 174 Å². The molecule has 0 fully saturated rings. The molecule has 0 aromatic carbocycles. The average molecular weight is 416 g/mol. The molecule has 1 unspecified atom stereocenters. The summed E-state index contributed by atoms with van der Waals surface area (Å²) in [4.78, 5) is 48.4. The first-order valence-electron chi connectivity index (χ1n) is 9.97. The van der Waals surface area contributed by atoms with Crippen molar-refractivity contribution in [2.24, 2.45) is 11.3 Å². The predicted octanol–water partition coefficient (Wildman–Crippen LogP) is 3.12. The lowest BCUT2D eigenvalue weighted by molar-refractivity contribution is -0.176. The van der Waals surface area contributed by atoms with Crippen LogP contribution in [-0.2, 0) is 33.4 Å². The fourth-order valence-electron chi connectivity index (χ4n) is 2.14. The molecule has 0 radical (unpaired) electrons. The lowest BCUT2D eigenvalue weighted by Crippen LogP contribution is -2.44. The molecule has 1 amide bonds. The third kappa shape index (κ3) is 13.7. The summed E-state index contributed by atoms with van der Waals surface area (Å²) in [5.74, 6) is -1.94. The fraction of sp³-hybridized carbons (Fsp3) is 0.810. The van der Waals surface area contributed by atoms with Crippen molar-refractivity contribution in [3.63, 3.8) is 0 Å². The smallest absolute Gasteiger partial charge is 0.332 e. The maximum absolute atomic E-state index is 12.4. The summed E-state index contributed by atoms with van der Waals surface area (Å²) >= 11 is 0. The molecule has 0 bridgehead atoms. The van der Waals surface area contributed by atoms with Crippen molar-refractivity contribution in [3.05, 3.63) is 0 Å². The minimum atomic E-state index is -1.22. The molecule has 1 atom stereocenters. The van der Waals surface area contributed by atoms with Gasteiger partial charge in [-0.2, -0.15) is 0 Å². The fourth-order valence-corrected chi connectivity index (χ4v) is 2.14. The van der Waals surface area contributed by atoms with E-state index >= 15 is 0 Å². The van der Waals surface area contributed by atoms with E-state index in [4.69, 9.17) is 14.2 Å². The molecule has 0 aliphatic rings. The zero-order valence-electron chi connectivity index (χ0n) is 19.0. The first-order chi connectivity index (χ1) is 13.1. The molecular weight excluding hydrogens is 378 g/mol. The lowest BCUT2D eigenvalue weighted by atomic mass is 9.98. The Kier molecular flexibility index (Phi) is 10.9. The van der Waals surface area contributed by atoms with Gasteiger partial charge in [-0.25, -0.2) is 4.79 Å². The summed E-state index contributed by atoms with van der Waals surface area (Å²) in [6, 6.07) is -1.22. The zero-order chi connectivity index (χ0) is 22.8. The van der Waals surface area contributed by atoms with Crippen molar-refractivity contribution in [1.29, 1.82) is 0 Å². The average Bonchev–Trinajstić information content (AvgIpc) is 2.50. The molecule has 0 heterocycles. The van der Waals surface area contributed by atoms with Gasteiger partial charge in [-0.15, -0.1) is 0 Å². The minimum absolute atomic E-state index is 0.231. The van der Waals surface area contributed by atoms with E-state index in [1.165, 1.54) is 0 Å². The molecule has 0 saturated carbocycles. The van der Waals surface area contributed by atoms with Crippen molar-refractivity contribution in [1.82, 2.24) is 5.32 Å². The normalized spacial score (nSPS) is 12.9. The van der Waals surface area contributed by atoms with Gasteiger partial charge in [-0.1, -0.05) is 20.3 Å². The van der Waals surface area contributed by atoms with Crippen LogP contribution in [0, 0.1) is 11.3 Å². The molecule has 8 heteroatoms. The Morgan fingerprint density at radius 3 is 2.00 bits per heavy atom. The van der Waals surface area contributed by atoms with Gasteiger partial charge in [-0.3, -0.25) is 14.4 Å². The van der Waals surface area contributed by atoms with Crippen molar-refractivity contribution in [2.45, 2.75) is 92.7 Å². The van der Waals surface area contributed by atoms with Crippen LogP contribution in [0.25, 0.3) is 0 Å². The van der Waals surface area contributed by atoms with E-state index in [0.29, 0.717) is 12.3 Å². The van der Waals surface area contributed by atoms with E-state index in [0.717, 1.165) is 6.42 Å². The number of nitrogens with one attached hydrogen (secondary N) is 1. The van der Waals surface area contributed by atoms with E-state index in [1.807, 2.05) is 0 Å². The Morgan fingerprint density at radius 2 is 1.52 bits per heavy atom. The maximum Gasteiger partial charge on any atom is 0.332 e. The number of carbonyl (C=O) groups excluding carboxylic acids is 4. The summed E-state index contributed by atoms with van der Waals surface area (Å²) in [5, 5.41) is 2.52. The molecule has 0 aromatic heterocycles. The van der Waals surface area contributed by atoms with Crippen LogP contribution >= 0.6 is 0 Å². The highest BCUT2D eigenvalue weighted by atomic mass is 16.7. The predicted molar refractivity (Wildman–Crippen MR) is 108 cm³/mol. The highest BCUT2D eigenvalue weighted by molar-refractivity contribution is 5.88. The van der Waals surface area contributed by atoms with Gasteiger partial charge in [0.2, 0.25) is 12.7 Å². The third-order valence-electron chi connectivity index (χ3n) is 3.60. The van der Waals surface area contributed by atoms with Crippen LogP contribution in [0.4, 0.5) is 0 Å². The monoisotopic (exact) mass is 415 g/mol. The molecule has 0 aliphatic carbocycles. The Bertz CT molecular complexity index is 571. The first kappa shape index (κ1) is 26.9. The van der Waals surface area contributed by atoms with Gasteiger partial charge in [-0.05, 0) is 53.9 Å². The summed E-state index contributed by atoms with van der Waals surface area (Å²) < 4.78 is 15.1. The number of esters is 3. The van der Waals surface area contributed by atoms with Gasteiger partial charge in [0.15, 0.2) is 0 Å². The van der Waals surface area contributed by atoms with Crippen LogP contribution in [0.3, 0.4) is 0 Å². The quantitative estimate of drug-likeness (QED) is 0.431. The second kappa shape index (κ2) is 11.8. The molecule has 0 saturated heterocycles. The van der Waals surface area contributed by atoms with E-state index in [9.17, 15) is 19.2 Å². The Morgan fingerprint density at radius 1 is 0.931 bits per heavy atom. The van der Waals surface area contributed by atoms with Crippen molar-refractivity contribution in [3.8, 4) is 0 Å². The van der Waals surface area contributed by atoms with Gasteiger partial charge < -0.3 is 19.5 Å². The van der Waals surface area contributed by atoms with Crippen LogP contribution in [0.1, 0.15) is 81.1 Å². The Balaban J connectivity index is 4.87. The molecule has 0 rings (SSSR count). The zero-order valence-corrected chi connectivity index (χ0v) is 19.0. The van der Waals surface area contributed by atoms with Gasteiger partial charge in [0.05, 0.1) is 11.8 Å². The van der Waals surface area contributed by atoms with Crippen LogP contribution < -0.4 is 5.32 Å². The van der Waals surface area contributed by atoms with Gasteiger partial charge in [0.25, 0.3) is 0 Å². The topological polar surface area (TPSA) is 108 Å². The maximum atomic E-state index is 12.4. The molecule has 0 aromatic rings. The SMILES string of the molecule is CC(C)CCCC(=O)NC(CC(=O)OC(C)(C)C)C(=O)OCOC(=O)C(C)(C)C. The second-order valence-electron chi connectivity index (χ2n) is 9.46. The molecular formula is C21H37NO7. The van der Waals surface area contributed by atoms with Crippen molar-refractivity contribution >= 4 is 23.8 Å². The van der Waals surface area contributed by atoms with Crippen LogP contribution in [-0.4, -0.2) is 42.3 Å². The molecule has 8 nitrogen and oxygen atoms in total. The number of ether oxygens (including phenoxy) is 3. The summed E-state index contributed by atoms with van der Waals surface area (Å²) in [6.45, 7) is 13.6. The van der Waals surface area contributed by atoms with Gasteiger partial charge in [0, 0.05) is 6.42 Å². The van der Waals surface area contributed by atoms with E-state index in [2.05, 4.69) is 19.2 Å². The largest absolute Gasteiger partial charge is 0.460 e. The molecule has 0 spiro atoms. The van der Waals surface area contributed by atoms with Gasteiger partial charge in [0.1, 0.15) is 11.6 Å². The Hall–Kier alpha value is -2.12. The highest BCUT2D eigenvalue weighted by Gasteiger charge is 2.29. The number of hydrogen-bond acceptors (Lipinski definition) is 7. The van der Waals surface area contributed by atoms with Crippen molar-refractivity contribution < 1.29 is 33.4 Å². The number of rotatable bonds is 10. The van der Waals surface area contributed by atoms with Crippen molar-refractivity contribution in [2.75, 3.05) is 6.79 Å². The van der Waals surface area contributed by atoms with E-state index in [1.54, 1.807) is 41.5 Å². The third-order valence-corrected chi connectivity index (χ3v) is 3.60. The number of hydrogen-bond donors (Lipinski definition) is 1. The summed E-state index contributed by atoms with van der Waals surface area (Å²) in [6.07, 6.45) is 1.40. The molecule has 168 valence electrons. The van der Waals surface area contributed by atoms with E-state index in [-0.39, 0.29) is 18.7 Å². The summed E-state index contributed by atoms with van der Waals surface area (Å²) in [7, 11) is 0. The molecule has 29 heavy (non-hydrogen) atoms. The lowest BCUT2D eigenvalue weighted by Gasteiger charge is -2.22. The molecule has 1 N–H and O–H groups in total. The standard InChI is InChI=1S/C21H37NO7/c1-14(2)10-9-11-16(23)22-15(12-17(24)29-21(6,7)8)18(25)27-13-28-19(26)20(3,4)5/h14-15H,9-13H2,1-8H3,(H,22,23). The van der Waals surface area contributed by atoms with Gasteiger partial charge >= 0.3 is 17.9 Å². The second-order valence-corrected chi connectivity index (χ2v) is 9.46. The van der Waals surface area contributed by atoms with Crippen LogP contribution in [0.15, 0.2) is 0 Å². The van der Waals surface area contributed by atoms with Crippen LogP contribution in [0.2, 0.25) is 0 Å². The van der Waals surface area contributed by atoms with Crippen LogP contribution in [0.5, 0.6) is 0 Å². The molecule has 0 aliphatic heterocycles. The minimum Gasteiger partial charge on any atom is -0.460 e. The van der Waals surface area contributed by atoms with E-state index < -0.39 is 41.8 Å². The number of amides is 1. The highest BCUT2D eigenvalue weighted by Crippen LogP contribution is 2.15. The first-order valence-corrected chi connectivity index (χ1v) is 9.97. The summed E-state index contributed by atoms with van der Waals surface area (Å²) in [5.41, 5.74) is -1.47. The number of carbonyl (C=O) groups is 4.